The van der Waals surface area contributed by atoms with Crippen molar-refractivity contribution in [2.45, 2.75) is 33.1 Å². The molecule has 4 rings (SSSR count). The maximum absolute atomic E-state index is 13.1. The van der Waals surface area contributed by atoms with Crippen LogP contribution in [0.15, 0.2) is 24.3 Å². The molecule has 1 aliphatic carbocycles. The molecule has 0 spiro atoms. The van der Waals surface area contributed by atoms with Crippen LogP contribution >= 0.6 is 11.3 Å². The van der Waals surface area contributed by atoms with Gasteiger partial charge in [-0.05, 0) is 55.0 Å². The minimum absolute atomic E-state index is 0.152. The molecule has 1 aliphatic heterocycles. The first kappa shape index (κ1) is 19.9. The van der Waals surface area contributed by atoms with E-state index in [-0.39, 0.29) is 11.8 Å². The van der Waals surface area contributed by atoms with Crippen molar-refractivity contribution in [2.24, 2.45) is 5.92 Å². The predicted octanol–water partition coefficient (Wildman–Crippen LogP) is 3.92. The maximum atomic E-state index is 13.1. The van der Waals surface area contributed by atoms with Gasteiger partial charge in [0.05, 0.1) is 18.8 Å². The van der Waals surface area contributed by atoms with Crippen LogP contribution in [0.3, 0.4) is 0 Å². The van der Waals surface area contributed by atoms with Crippen LogP contribution in [0.5, 0.6) is 0 Å². The van der Waals surface area contributed by atoms with E-state index in [1.807, 2.05) is 24.3 Å². The SMILES string of the molecule is CC(=O)Nc1sc2c(c1C(=O)Nc1ccc(N3CCOCC3)cc1)CCC(C)C2. The molecule has 154 valence electrons. The minimum Gasteiger partial charge on any atom is -0.378 e. The summed E-state index contributed by atoms with van der Waals surface area (Å²) in [4.78, 5) is 28.3. The van der Waals surface area contributed by atoms with E-state index in [9.17, 15) is 9.59 Å². The van der Waals surface area contributed by atoms with E-state index in [1.54, 1.807) is 11.3 Å². The Hall–Kier alpha value is -2.38. The second-order valence-corrected chi connectivity index (χ2v) is 8.94. The Bertz CT molecular complexity index is 901. The molecule has 1 aromatic carbocycles. The Morgan fingerprint density at radius 1 is 1.14 bits per heavy atom. The average Bonchev–Trinajstić information content (AvgIpc) is 3.05. The number of nitrogens with one attached hydrogen (secondary N) is 2. The van der Waals surface area contributed by atoms with Crippen molar-refractivity contribution in [2.75, 3.05) is 41.8 Å². The van der Waals surface area contributed by atoms with E-state index in [0.29, 0.717) is 16.5 Å². The van der Waals surface area contributed by atoms with Crippen LogP contribution < -0.4 is 15.5 Å². The van der Waals surface area contributed by atoms with Crippen LogP contribution in [0.25, 0.3) is 0 Å². The van der Waals surface area contributed by atoms with Gasteiger partial charge in [-0.2, -0.15) is 0 Å². The molecule has 1 fully saturated rings. The predicted molar refractivity (Wildman–Crippen MR) is 117 cm³/mol. The standard InChI is InChI=1S/C22H27N3O3S/c1-14-3-8-18-19(13-14)29-22(23-15(2)26)20(18)21(27)24-16-4-6-17(7-5-16)25-9-11-28-12-10-25/h4-7,14H,3,8-13H2,1-2H3,(H,23,26)(H,24,27). The summed E-state index contributed by atoms with van der Waals surface area (Å²) in [5.74, 6) is 0.301. The number of nitrogens with zero attached hydrogens (tertiary/aromatic N) is 1. The van der Waals surface area contributed by atoms with Crippen LogP contribution in [0.2, 0.25) is 0 Å². The Kier molecular flexibility index (Phi) is 5.87. The first-order valence-corrected chi connectivity index (χ1v) is 11.0. The van der Waals surface area contributed by atoms with Crippen LogP contribution in [0, 0.1) is 5.92 Å². The van der Waals surface area contributed by atoms with Gasteiger partial charge in [0, 0.05) is 36.3 Å². The minimum atomic E-state index is -0.153. The normalized spacial score (nSPS) is 18.8. The average molecular weight is 414 g/mol. The van der Waals surface area contributed by atoms with Gasteiger partial charge >= 0.3 is 0 Å². The monoisotopic (exact) mass is 413 g/mol. The third-order valence-electron chi connectivity index (χ3n) is 5.53. The lowest BCUT2D eigenvalue weighted by Crippen LogP contribution is -2.36. The van der Waals surface area contributed by atoms with E-state index in [4.69, 9.17) is 4.74 Å². The number of carbonyl (C=O) groups is 2. The summed E-state index contributed by atoms with van der Waals surface area (Å²) in [5.41, 5.74) is 3.61. The van der Waals surface area contributed by atoms with E-state index < -0.39 is 0 Å². The van der Waals surface area contributed by atoms with Crippen molar-refractivity contribution in [3.63, 3.8) is 0 Å². The largest absolute Gasteiger partial charge is 0.378 e. The summed E-state index contributed by atoms with van der Waals surface area (Å²) in [5, 5.41) is 6.55. The second kappa shape index (κ2) is 8.55. The van der Waals surface area contributed by atoms with Gasteiger partial charge in [0.1, 0.15) is 5.00 Å². The third-order valence-corrected chi connectivity index (χ3v) is 6.70. The molecule has 0 bridgehead atoms. The molecule has 0 saturated carbocycles. The summed E-state index contributed by atoms with van der Waals surface area (Å²) in [7, 11) is 0. The number of benzene rings is 1. The number of hydrogen-bond acceptors (Lipinski definition) is 5. The van der Waals surface area contributed by atoms with Gasteiger partial charge in [0.2, 0.25) is 5.91 Å². The molecule has 1 aromatic heterocycles. The van der Waals surface area contributed by atoms with Crippen molar-refractivity contribution < 1.29 is 14.3 Å². The first-order chi connectivity index (χ1) is 14.0. The second-order valence-electron chi connectivity index (χ2n) is 7.84. The van der Waals surface area contributed by atoms with E-state index >= 15 is 0 Å². The van der Waals surface area contributed by atoms with Crippen molar-refractivity contribution >= 4 is 39.5 Å². The number of thiophene rings is 1. The molecule has 2 aromatic rings. The fraction of sp³-hybridized carbons (Fsp3) is 0.455. The van der Waals surface area contributed by atoms with E-state index in [0.717, 1.165) is 62.5 Å². The number of carbonyl (C=O) groups excluding carboxylic acids is 2. The fourth-order valence-corrected chi connectivity index (χ4v) is 5.46. The molecule has 2 aliphatic rings. The summed E-state index contributed by atoms with van der Waals surface area (Å²) in [6, 6.07) is 7.92. The smallest absolute Gasteiger partial charge is 0.258 e. The van der Waals surface area contributed by atoms with Crippen LogP contribution in [0.1, 0.15) is 41.1 Å². The molecule has 7 heteroatoms. The number of fused-ring (bicyclic) bond motifs is 1. The number of amides is 2. The lowest BCUT2D eigenvalue weighted by molar-refractivity contribution is -0.114. The molecular formula is C22H27N3O3S. The Balaban J connectivity index is 1.54. The maximum Gasteiger partial charge on any atom is 0.258 e. The third kappa shape index (κ3) is 4.46. The zero-order valence-corrected chi connectivity index (χ0v) is 17.7. The van der Waals surface area contributed by atoms with Crippen molar-refractivity contribution in [3.05, 3.63) is 40.3 Å². The first-order valence-electron chi connectivity index (χ1n) is 10.2. The van der Waals surface area contributed by atoms with Crippen molar-refractivity contribution in [3.8, 4) is 0 Å². The number of ether oxygens (including phenoxy) is 1. The molecule has 29 heavy (non-hydrogen) atoms. The van der Waals surface area contributed by atoms with Gasteiger partial charge in [0.25, 0.3) is 5.91 Å². The molecular weight excluding hydrogens is 386 g/mol. The molecule has 1 unspecified atom stereocenters. The molecule has 6 nitrogen and oxygen atoms in total. The Labute approximate surface area is 175 Å². The zero-order chi connectivity index (χ0) is 20.4. The summed E-state index contributed by atoms with van der Waals surface area (Å²) < 4.78 is 5.40. The van der Waals surface area contributed by atoms with Gasteiger partial charge in [-0.25, -0.2) is 0 Å². The molecule has 1 saturated heterocycles. The van der Waals surface area contributed by atoms with E-state index in [1.165, 1.54) is 11.8 Å². The Morgan fingerprint density at radius 2 is 1.86 bits per heavy atom. The quantitative estimate of drug-likeness (QED) is 0.797. The number of anilines is 3. The number of hydrogen-bond donors (Lipinski definition) is 2. The van der Waals surface area contributed by atoms with Crippen LogP contribution in [0.4, 0.5) is 16.4 Å². The molecule has 2 amide bonds. The highest BCUT2D eigenvalue weighted by molar-refractivity contribution is 7.17. The van der Waals surface area contributed by atoms with E-state index in [2.05, 4.69) is 22.5 Å². The number of rotatable bonds is 4. The summed E-state index contributed by atoms with van der Waals surface area (Å²) in [6.45, 7) is 6.96. The fourth-order valence-electron chi connectivity index (χ4n) is 4.01. The van der Waals surface area contributed by atoms with Gasteiger partial charge in [0.15, 0.2) is 0 Å². The number of morpholine rings is 1. The summed E-state index contributed by atoms with van der Waals surface area (Å²) in [6.07, 6.45) is 2.91. The van der Waals surface area contributed by atoms with Gasteiger partial charge in [-0.1, -0.05) is 6.92 Å². The highest BCUT2D eigenvalue weighted by Crippen LogP contribution is 2.40. The van der Waals surface area contributed by atoms with Crippen molar-refractivity contribution in [1.29, 1.82) is 0 Å². The highest BCUT2D eigenvalue weighted by atomic mass is 32.1. The lowest BCUT2D eigenvalue weighted by Gasteiger charge is -2.28. The Morgan fingerprint density at radius 3 is 2.55 bits per heavy atom. The molecule has 0 radical (unpaired) electrons. The van der Waals surface area contributed by atoms with Gasteiger partial charge in [-0.15, -0.1) is 11.3 Å². The van der Waals surface area contributed by atoms with Crippen LogP contribution in [-0.4, -0.2) is 38.1 Å². The topological polar surface area (TPSA) is 70.7 Å². The summed E-state index contributed by atoms with van der Waals surface area (Å²) >= 11 is 1.54. The van der Waals surface area contributed by atoms with Gasteiger partial charge < -0.3 is 20.3 Å². The lowest BCUT2D eigenvalue weighted by atomic mass is 9.88. The zero-order valence-electron chi connectivity index (χ0n) is 16.9. The van der Waals surface area contributed by atoms with Crippen molar-refractivity contribution in [1.82, 2.24) is 0 Å². The molecule has 2 N–H and O–H groups in total. The van der Waals surface area contributed by atoms with Gasteiger partial charge in [-0.3, -0.25) is 9.59 Å². The highest BCUT2D eigenvalue weighted by Gasteiger charge is 2.28. The molecule has 1 atom stereocenters. The van der Waals surface area contributed by atoms with Crippen LogP contribution in [-0.2, 0) is 22.4 Å². The molecule has 2 heterocycles.